The third kappa shape index (κ3) is 3.82. The number of alkyl halides is 3. The fourth-order valence-corrected chi connectivity index (χ4v) is 4.33. The summed E-state index contributed by atoms with van der Waals surface area (Å²) in [4.78, 5) is 2.19. The summed E-state index contributed by atoms with van der Waals surface area (Å²) >= 11 is 0. The average molecular weight is 405 g/mol. The molecule has 0 radical (unpaired) electrons. The van der Waals surface area contributed by atoms with Crippen LogP contribution in [0.15, 0.2) is 60.9 Å². The highest BCUT2D eigenvalue weighted by atomic mass is 32.2. The van der Waals surface area contributed by atoms with Crippen molar-refractivity contribution in [1.82, 2.24) is 9.78 Å². The van der Waals surface area contributed by atoms with Gasteiger partial charge in [-0.3, -0.25) is 4.21 Å². The molecule has 28 heavy (non-hydrogen) atoms. The van der Waals surface area contributed by atoms with Crippen LogP contribution in [-0.2, 0) is 17.0 Å². The van der Waals surface area contributed by atoms with Crippen LogP contribution in [0.2, 0.25) is 0 Å². The van der Waals surface area contributed by atoms with Crippen LogP contribution in [0, 0.1) is 0 Å². The normalized spacial score (nSPS) is 15.8. The van der Waals surface area contributed by atoms with Gasteiger partial charge < -0.3 is 4.90 Å². The smallest absolute Gasteiger partial charge is 0.370 e. The second-order valence-electron chi connectivity index (χ2n) is 6.57. The molecule has 8 heteroatoms. The van der Waals surface area contributed by atoms with Crippen molar-refractivity contribution >= 4 is 16.5 Å². The quantitative estimate of drug-likeness (QED) is 0.658. The molecule has 1 fully saturated rings. The van der Waals surface area contributed by atoms with Crippen molar-refractivity contribution in [2.24, 2.45) is 0 Å². The molecule has 4 rings (SSSR count). The summed E-state index contributed by atoms with van der Waals surface area (Å²) in [6, 6.07) is 13.2. The van der Waals surface area contributed by atoms with E-state index in [0.29, 0.717) is 11.5 Å². The summed E-state index contributed by atoms with van der Waals surface area (Å²) < 4.78 is 52.5. The zero-order valence-electron chi connectivity index (χ0n) is 14.9. The molecule has 0 atom stereocenters. The molecule has 1 aromatic heterocycles. The molecule has 0 spiro atoms. The second-order valence-corrected chi connectivity index (χ2v) is 8.27. The lowest BCUT2D eigenvalue weighted by molar-refractivity contribution is -0.137. The van der Waals surface area contributed by atoms with Crippen molar-refractivity contribution in [3.05, 3.63) is 66.5 Å². The predicted molar refractivity (Wildman–Crippen MR) is 104 cm³/mol. The van der Waals surface area contributed by atoms with E-state index in [1.807, 2.05) is 24.3 Å². The minimum absolute atomic E-state index is 0.000752. The predicted octanol–water partition coefficient (Wildman–Crippen LogP) is 4.13. The summed E-state index contributed by atoms with van der Waals surface area (Å²) in [6.45, 7) is 1.52. The Morgan fingerprint density at radius 2 is 1.61 bits per heavy atom. The van der Waals surface area contributed by atoms with E-state index in [1.165, 1.54) is 16.8 Å². The maximum absolute atomic E-state index is 13.2. The average Bonchev–Trinajstić information content (AvgIpc) is 3.18. The summed E-state index contributed by atoms with van der Waals surface area (Å²) in [5.41, 5.74) is 1.94. The van der Waals surface area contributed by atoms with E-state index in [2.05, 4.69) is 10.00 Å². The van der Waals surface area contributed by atoms with Crippen LogP contribution in [-0.4, -0.2) is 38.6 Å². The minimum Gasteiger partial charge on any atom is -0.370 e. The molecule has 0 amide bonds. The van der Waals surface area contributed by atoms with Crippen LogP contribution in [0.1, 0.15) is 5.56 Å². The Morgan fingerprint density at radius 1 is 0.929 bits per heavy atom. The Bertz CT molecular complexity index is 988. The highest BCUT2D eigenvalue weighted by Gasteiger charge is 2.33. The molecule has 0 aliphatic carbocycles. The third-order valence-corrected chi connectivity index (χ3v) is 6.06. The molecule has 2 aromatic carbocycles. The molecule has 146 valence electrons. The van der Waals surface area contributed by atoms with Gasteiger partial charge in [-0.15, -0.1) is 0 Å². The third-order valence-electron chi connectivity index (χ3n) is 4.78. The number of aromatic nitrogens is 2. The second kappa shape index (κ2) is 7.43. The molecule has 0 saturated carbocycles. The molecule has 0 unspecified atom stereocenters. The van der Waals surface area contributed by atoms with Gasteiger partial charge in [0, 0.05) is 52.8 Å². The molecule has 1 aliphatic rings. The zero-order chi connectivity index (χ0) is 19.7. The molecular formula is C20H18F3N3OS. The number of halogens is 3. The first-order valence-electron chi connectivity index (χ1n) is 8.83. The maximum Gasteiger partial charge on any atom is 0.418 e. The molecule has 4 nitrogen and oxygen atoms in total. The number of hydrogen-bond donors (Lipinski definition) is 0. The number of nitrogens with zero attached hydrogens (tertiary/aromatic N) is 3. The Labute approximate surface area is 163 Å². The fraction of sp³-hybridized carbons (Fsp3) is 0.250. The first kappa shape index (κ1) is 18.7. The van der Waals surface area contributed by atoms with Gasteiger partial charge in [-0.25, -0.2) is 4.68 Å². The zero-order valence-corrected chi connectivity index (χ0v) is 15.7. The number of benzene rings is 2. The van der Waals surface area contributed by atoms with E-state index in [9.17, 15) is 17.4 Å². The highest BCUT2D eigenvalue weighted by Crippen LogP contribution is 2.34. The van der Waals surface area contributed by atoms with Crippen LogP contribution in [0.5, 0.6) is 0 Å². The van der Waals surface area contributed by atoms with E-state index in [0.717, 1.165) is 36.0 Å². The largest absolute Gasteiger partial charge is 0.418 e. The van der Waals surface area contributed by atoms with Crippen molar-refractivity contribution in [1.29, 1.82) is 0 Å². The SMILES string of the molecule is O=S1CCN(c2ccc(-c3cnn(-c4ccccc4C(F)(F)F)c3)cc2)CC1. The van der Waals surface area contributed by atoms with Gasteiger partial charge in [-0.05, 0) is 29.8 Å². The fourth-order valence-electron chi connectivity index (χ4n) is 3.28. The van der Waals surface area contributed by atoms with Crippen LogP contribution < -0.4 is 4.90 Å². The monoisotopic (exact) mass is 405 g/mol. The molecule has 2 heterocycles. The van der Waals surface area contributed by atoms with E-state index in [4.69, 9.17) is 0 Å². The molecule has 1 aliphatic heterocycles. The Kier molecular flexibility index (Phi) is 4.97. The first-order chi connectivity index (χ1) is 13.4. The summed E-state index contributed by atoms with van der Waals surface area (Å²) in [7, 11) is -0.726. The number of hydrogen-bond acceptors (Lipinski definition) is 3. The summed E-state index contributed by atoms with van der Waals surface area (Å²) in [6.07, 6.45) is -1.28. The Morgan fingerprint density at radius 3 is 2.29 bits per heavy atom. The van der Waals surface area contributed by atoms with Crippen LogP contribution >= 0.6 is 0 Å². The van der Waals surface area contributed by atoms with E-state index in [-0.39, 0.29) is 5.69 Å². The van der Waals surface area contributed by atoms with E-state index < -0.39 is 22.5 Å². The van der Waals surface area contributed by atoms with Crippen molar-refractivity contribution in [3.63, 3.8) is 0 Å². The highest BCUT2D eigenvalue weighted by molar-refractivity contribution is 7.85. The van der Waals surface area contributed by atoms with E-state index >= 15 is 0 Å². The minimum atomic E-state index is -4.44. The van der Waals surface area contributed by atoms with Crippen LogP contribution in [0.25, 0.3) is 16.8 Å². The molecular weight excluding hydrogens is 387 g/mol. The van der Waals surface area contributed by atoms with Crippen molar-refractivity contribution in [2.45, 2.75) is 6.18 Å². The van der Waals surface area contributed by atoms with Gasteiger partial charge in [0.15, 0.2) is 0 Å². The van der Waals surface area contributed by atoms with Gasteiger partial charge in [0.25, 0.3) is 0 Å². The molecule has 0 N–H and O–H groups in total. The number of para-hydroxylation sites is 1. The lowest BCUT2D eigenvalue weighted by Gasteiger charge is -2.28. The Balaban J connectivity index is 1.58. The molecule has 0 bridgehead atoms. The summed E-state index contributed by atoms with van der Waals surface area (Å²) in [5, 5.41) is 4.13. The first-order valence-corrected chi connectivity index (χ1v) is 10.3. The van der Waals surface area contributed by atoms with Crippen molar-refractivity contribution in [3.8, 4) is 16.8 Å². The van der Waals surface area contributed by atoms with Gasteiger partial charge in [0.2, 0.25) is 0 Å². The number of rotatable bonds is 3. The van der Waals surface area contributed by atoms with Crippen LogP contribution in [0.3, 0.4) is 0 Å². The van der Waals surface area contributed by atoms with Crippen LogP contribution in [0.4, 0.5) is 18.9 Å². The van der Waals surface area contributed by atoms with Gasteiger partial charge in [0.05, 0.1) is 17.4 Å². The molecule has 1 saturated heterocycles. The molecule has 3 aromatic rings. The van der Waals surface area contributed by atoms with Crippen molar-refractivity contribution in [2.75, 3.05) is 29.5 Å². The lowest BCUT2D eigenvalue weighted by Crippen LogP contribution is -2.37. The summed E-state index contributed by atoms with van der Waals surface area (Å²) in [5.74, 6) is 1.35. The van der Waals surface area contributed by atoms with Gasteiger partial charge in [-0.2, -0.15) is 18.3 Å². The van der Waals surface area contributed by atoms with Gasteiger partial charge in [-0.1, -0.05) is 24.3 Å². The number of anilines is 1. The lowest BCUT2D eigenvalue weighted by atomic mass is 10.1. The van der Waals surface area contributed by atoms with Crippen molar-refractivity contribution < 1.29 is 17.4 Å². The standard InChI is InChI=1S/C20H18F3N3OS/c21-20(22,23)18-3-1-2-4-19(18)26-14-16(13-24-26)15-5-7-17(8-6-15)25-9-11-28(27)12-10-25/h1-8,13-14H,9-12H2. The van der Waals surface area contributed by atoms with Gasteiger partial charge >= 0.3 is 6.18 Å². The Hall–Kier alpha value is -2.61. The van der Waals surface area contributed by atoms with E-state index in [1.54, 1.807) is 18.5 Å². The van der Waals surface area contributed by atoms with Gasteiger partial charge in [0.1, 0.15) is 0 Å². The maximum atomic E-state index is 13.2. The topological polar surface area (TPSA) is 38.1 Å².